The summed E-state index contributed by atoms with van der Waals surface area (Å²) in [6.07, 6.45) is -0.259. The van der Waals surface area contributed by atoms with Gasteiger partial charge in [-0.05, 0) is 41.6 Å². The smallest absolute Gasteiger partial charge is 0.339 e. The third-order valence-corrected chi connectivity index (χ3v) is 5.68. The lowest BCUT2D eigenvalue weighted by molar-refractivity contribution is 0.0601. The van der Waals surface area contributed by atoms with Gasteiger partial charge in [-0.15, -0.1) is 11.3 Å². The summed E-state index contributed by atoms with van der Waals surface area (Å²) in [5.74, 6) is -3.61. The van der Waals surface area contributed by atoms with Crippen LogP contribution in [0.1, 0.15) is 31.8 Å². The number of ether oxygens (including phenoxy) is 1. The fraction of sp³-hybridized carbons (Fsp3) is 0.143. The number of rotatable bonds is 5. The van der Waals surface area contributed by atoms with Gasteiger partial charge >= 0.3 is 5.97 Å². The fourth-order valence-corrected chi connectivity index (χ4v) is 4.12. The third kappa shape index (κ3) is 4.02. The molecule has 0 unspecified atom stereocenters. The van der Waals surface area contributed by atoms with Crippen molar-refractivity contribution in [2.45, 2.75) is 13.3 Å². The number of carbonyl (C=O) groups excluding carboxylic acids is 2. The highest BCUT2D eigenvalue weighted by Gasteiger charge is 2.26. The maximum atomic E-state index is 14.5. The molecule has 0 spiro atoms. The normalized spacial score (nSPS) is 10.8. The van der Waals surface area contributed by atoms with Crippen LogP contribution in [-0.4, -0.2) is 24.0 Å². The van der Waals surface area contributed by atoms with Crippen molar-refractivity contribution in [3.8, 4) is 16.2 Å². The molecule has 3 aromatic rings. The molecule has 4 nitrogen and oxygen atoms in total. The Morgan fingerprint density at radius 2 is 1.90 bits per heavy atom. The van der Waals surface area contributed by atoms with E-state index in [9.17, 15) is 23.5 Å². The van der Waals surface area contributed by atoms with E-state index in [1.807, 2.05) is 0 Å². The van der Waals surface area contributed by atoms with E-state index in [4.69, 9.17) is 16.3 Å². The molecule has 0 aliphatic carbocycles. The molecule has 0 aliphatic heterocycles. The number of hydrogen-bond donors (Lipinski definition) is 1. The minimum absolute atomic E-state index is 0.00590. The van der Waals surface area contributed by atoms with E-state index in [-0.39, 0.29) is 49.9 Å². The largest absolute Gasteiger partial charge is 0.507 e. The number of esters is 1. The fourth-order valence-electron chi connectivity index (χ4n) is 2.87. The summed E-state index contributed by atoms with van der Waals surface area (Å²) in [7, 11) is 1.16. The van der Waals surface area contributed by atoms with Crippen LogP contribution in [0.2, 0.25) is 5.02 Å². The van der Waals surface area contributed by atoms with Crippen LogP contribution < -0.4 is 0 Å². The van der Waals surface area contributed by atoms with Crippen LogP contribution in [0.5, 0.6) is 5.75 Å². The van der Waals surface area contributed by atoms with Gasteiger partial charge in [-0.2, -0.15) is 0 Å². The van der Waals surface area contributed by atoms with Gasteiger partial charge in [-0.1, -0.05) is 23.7 Å². The van der Waals surface area contributed by atoms with E-state index >= 15 is 0 Å². The molecular weight excluding hydrogens is 422 g/mol. The van der Waals surface area contributed by atoms with E-state index in [1.54, 1.807) is 0 Å². The van der Waals surface area contributed by atoms with Gasteiger partial charge in [0.05, 0.1) is 23.1 Å². The highest BCUT2D eigenvalue weighted by Crippen LogP contribution is 2.37. The second-order valence-corrected chi connectivity index (χ2v) is 7.59. The van der Waals surface area contributed by atoms with Crippen LogP contribution in [0, 0.1) is 18.6 Å². The molecule has 8 heteroatoms. The van der Waals surface area contributed by atoms with Crippen LogP contribution in [0.25, 0.3) is 10.4 Å². The van der Waals surface area contributed by atoms with Crippen molar-refractivity contribution in [1.29, 1.82) is 0 Å². The molecule has 0 saturated carbocycles. The molecule has 0 bridgehead atoms. The summed E-state index contributed by atoms with van der Waals surface area (Å²) >= 11 is 6.88. The van der Waals surface area contributed by atoms with Gasteiger partial charge in [0.15, 0.2) is 17.4 Å². The third-order valence-electron chi connectivity index (χ3n) is 4.39. The number of aryl methyl sites for hydroxylation is 1. The Kier molecular flexibility index (Phi) is 6.00. The lowest BCUT2D eigenvalue weighted by atomic mass is 9.98. The van der Waals surface area contributed by atoms with E-state index in [0.717, 1.165) is 18.4 Å². The molecule has 0 aliphatic rings. The topological polar surface area (TPSA) is 63.6 Å². The van der Waals surface area contributed by atoms with Crippen molar-refractivity contribution >= 4 is 34.7 Å². The zero-order valence-electron chi connectivity index (χ0n) is 15.4. The molecule has 29 heavy (non-hydrogen) atoms. The number of carbonyl (C=O) groups is 2. The predicted octanol–water partition coefficient (Wildman–Crippen LogP) is 5.57. The standard InChI is InChI=1S/C21H15ClF2O4S/c1-10-3-5-13(19(24)18(10)23)20-17(21(27)28-2)11(9-29-20)7-16(26)14-8-12(22)4-6-15(14)25/h3-6,8-9,25H,7H2,1-2H3. The minimum Gasteiger partial charge on any atom is -0.507 e. The van der Waals surface area contributed by atoms with Crippen LogP contribution in [0.3, 0.4) is 0 Å². The Hall–Kier alpha value is -2.77. The SMILES string of the molecule is COC(=O)c1c(CC(=O)c2cc(Cl)ccc2O)csc1-c1ccc(C)c(F)c1F. The first-order valence-electron chi connectivity index (χ1n) is 8.40. The molecule has 0 radical (unpaired) electrons. The molecule has 3 rings (SSSR count). The number of methoxy groups -OCH3 is 1. The molecule has 1 N–H and O–H groups in total. The molecule has 0 amide bonds. The molecule has 2 aromatic carbocycles. The summed E-state index contributed by atoms with van der Waals surface area (Å²) in [5, 5.41) is 11.7. The molecule has 0 saturated heterocycles. The molecule has 1 heterocycles. The van der Waals surface area contributed by atoms with Crippen molar-refractivity contribution in [2.75, 3.05) is 7.11 Å². The molecule has 0 atom stereocenters. The summed E-state index contributed by atoms with van der Waals surface area (Å²) < 4.78 is 33.3. The molecule has 1 aromatic heterocycles. The van der Waals surface area contributed by atoms with Gasteiger partial charge in [-0.3, -0.25) is 4.79 Å². The van der Waals surface area contributed by atoms with Crippen molar-refractivity contribution in [1.82, 2.24) is 0 Å². The van der Waals surface area contributed by atoms with Crippen molar-refractivity contribution in [3.05, 3.63) is 74.6 Å². The van der Waals surface area contributed by atoms with E-state index in [1.165, 1.54) is 42.6 Å². The average molecular weight is 437 g/mol. The number of halogens is 3. The number of thiophene rings is 1. The Labute approximate surface area is 174 Å². The Morgan fingerprint density at radius 3 is 2.59 bits per heavy atom. The van der Waals surface area contributed by atoms with Crippen LogP contribution in [0.4, 0.5) is 8.78 Å². The van der Waals surface area contributed by atoms with Crippen LogP contribution >= 0.6 is 22.9 Å². The monoisotopic (exact) mass is 436 g/mol. The summed E-state index contributed by atoms with van der Waals surface area (Å²) in [6, 6.07) is 6.83. The number of aromatic hydroxyl groups is 1. The summed E-state index contributed by atoms with van der Waals surface area (Å²) in [5.41, 5.74) is 0.293. The highest BCUT2D eigenvalue weighted by molar-refractivity contribution is 7.14. The number of phenolic OH excluding ortho intramolecular Hbond substituents is 1. The Bertz CT molecular complexity index is 1120. The van der Waals surface area contributed by atoms with Gasteiger partial charge in [0.25, 0.3) is 0 Å². The number of benzene rings is 2. The highest BCUT2D eigenvalue weighted by atomic mass is 35.5. The van der Waals surface area contributed by atoms with E-state index < -0.39 is 23.4 Å². The van der Waals surface area contributed by atoms with E-state index in [2.05, 4.69) is 0 Å². The second kappa shape index (κ2) is 8.31. The average Bonchev–Trinajstić information content (AvgIpc) is 3.10. The van der Waals surface area contributed by atoms with Gasteiger partial charge in [0.1, 0.15) is 5.75 Å². The van der Waals surface area contributed by atoms with Crippen molar-refractivity contribution < 1.29 is 28.2 Å². The predicted molar refractivity (Wildman–Crippen MR) is 107 cm³/mol. The Morgan fingerprint density at radius 1 is 1.17 bits per heavy atom. The molecule has 0 fully saturated rings. The quantitative estimate of drug-likeness (QED) is 0.419. The molecule has 150 valence electrons. The number of hydrogen-bond acceptors (Lipinski definition) is 5. The zero-order chi connectivity index (χ0) is 21.3. The first-order valence-corrected chi connectivity index (χ1v) is 9.65. The zero-order valence-corrected chi connectivity index (χ0v) is 17.0. The number of ketones is 1. The van der Waals surface area contributed by atoms with Gasteiger partial charge in [-0.25, -0.2) is 13.6 Å². The van der Waals surface area contributed by atoms with Crippen molar-refractivity contribution in [2.24, 2.45) is 0 Å². The Balaban J connectivity index is 2.08. The van der Waals surface area contributed by atoms with Gasteiger partial charge in [0, 0.05) is 17.0 Å². The van der Waals surface area contributed by atoms with Crippen LogP contribution in [0.15, 0.2) is 35.7 Å². The second-order valence-electron chi connectivity index (χ2n) is 6.28. The summed E-state index contributed by atoms with van der Waals surface area (Å²) in [6.45, 7) is 1.43. The minimum atomic E-state index is -1.08. The van der Waals surface area contributed by atoms with Crippen molar-refractivity contribution in [3.63, 3.8) is 0 Å². The first-order chi connectivity index (χ1) is 13.7. The summed E-state index contributed by atoms with van der Waals surface area (Å²) in [4.78, 5) is 25.2. The lowest BCUT2D eigenvalue weighted by Gasteiger charge is -2.09. The van der Waals surface area contributed by atoms with Crippen LogP contribution in [-0.2, 0) is 11.2 Å². The maximum Gasteiger partial charge on any atom is 0.339 e. The first kappa shape index (κ1) is 21.0. The lowest BCUT2D eigenvalue weighted by Crippen LogP contribution is -2.10. The molecular formula is C21H15ClF2O4S. The maximum absolute atomic E-state index is 14.5. The number of phenols is 1. The van der Waals surface area contributed by atoms with Gasteiger partial charge in [0.2, 0.25) is 0 Å². The number of Topliss-reactive ketones (excluding diaryl/α,β-unsaturated/α-hetero) is 1. The van der Waals surface area contributed by atoms with E-state index in [0.29, 0.717) is 0 Å². The van der Waals surface area contributed by atoms with Gasteiger partial charge < -0.3 is 9.84 Å².